The molecule has 5 nitrogen and oxygen atoms in total. The molecule has 110 valence electrons. The number of ketones is 1. The van der Waals surface area contributed by atoms with Gasteiger partial charge in [0.15, 0.2) is 11.4 Å². The Balaban J connectivity index is 1.86. The standard InChI is InChI=1S/C17H15N3O2/c1-22-12-7-5-11(6-8-12)13-9-18-20-10-14-15(19-17(13)20)3-2-4-16(14)21/h5-10H,2-4H2,1H3. The molecule has 1 aromatic carbocycles. The summed E-state index contributed by atoms with van der Waals surface area (Å²) in [6.45, 7) is 0. The first-order valence-corrected chi connectivity index (χ1v) is 7.31. The van der Waals surface area contributed by atoms with Crippen LogP contribution in [0.2, 0.25) is 0 Å². The Morgan fingerprint density at radius 2 is 1.95 bits per heavy atom. The lowest BCUT2D eigenvalue weighted by Gasteiger charge is -2.13. The third-order valence-corrected chi connectivity index (χ3v) is 4.09. The molecule has 2 aromatic heterocycles. The quantitative estimate of drug-likeness (QED) is 0.729. The summed E-state index contributed by atoms with van der Waals surface area (Å²) in [4.78, 5) is 16.7. The maximum Gasteiger partial charge on any atom is 0.166 e. The zero-order valence-electron chi connectivity index (χ0n) is 12.2. The Morgan fingerprint density at radius 1 is 1.14 bits per heavy atom. The molecule has 3 aromatic rings. The van der Waals surface area contributed by atoms with E-state index in [4.69, 9.17) is 9.72 Å². The molecule has 5 heteroatoms. The van der Waals surface area contributed by atoms with Gasteiger partial charge in [-0.1, -0.05) is 12.1 Å². The Kier molecular flexibility index (Phi) is 2.92. The minimum absolute atomic E-state index is 0.164. The van der Waals surface area contributed by atoms with Crippen molar-refractivity contribution < 1.29 is 9.53 Å². The lowest BCUT2D eigenvalue weighted by molar-refractivity contribution is 0.0971. The van der Waals surface area contributed by atoms with E-state index in [1.807, 2.05) is 30.5 Å². The molecule has 0 saturated heterocycles. The number of fused-ring (bicyclic) bond motifs is 2. The average molecular weight is 293 g/mol. The minimum Gasteiger partial charge on any atom is -0.497 e. The number of Topliss-reactive ketones (excluding diaryl/α,β-unsaturated/α-hetero) is 1. The highest BCUT2D eigenvalue weighted by atomic mass is 16.5. The van der Waals surface area contributed by atoms with Crippen LogP contribution in [0.25, 0.3) is 16.8 Å². The number of methoxy groups -OCH3 is 1. The van der Waals surface area contributed by atoms with Crippen molar-refractivity contribution in [3.05, 3.63) is 47.9 Å². The fraction of sp³-hybridized carbons (Fsp3) is 0.235. The molecule has 22 heavy (non-hydrogen) atoms. The van der Waals surface area contributed by atoms with Crippen LogP contribution in [0, 0.1) is 0 Å². The zero-order valence-corrected chi connectivity index (χ0v) is 12.2. The third-order valence-electron chi connectivity index (χ3n) is 4.09. The first-order valence-electron chi connectivity index (χ1n) is 7.31. The van der Waals surface area contributed by atoms with Crippen molar-refractivity contribution in [2.75, 3.05) is 7.11 Å². The van der Waals surface area contributed by atoms with Gasteiger partial charge < -0.3 is 4.74 Å². The van der Waals surface area contributed by atoms with E-state index in [1.165, 1.54) is 0 Å². The van der Waals surface area contributed by atoms with Crippen molar-refractivity contribution in [2.24, 2.45) is 0 Å². The molecule has 4 rings (SSSR count). The first-order chi connectivity index (χ1) is 10.8. The number of carbonyl (C=O) groups is 1. The van der Waals surface area contributed by atoms with Crippen molar-refractivity contribution in [1.82, 2.24) is 14.6 Å². The van der Waals surface area contributed by atoms with E-state index >= 15 is 0 Å². The Bertz CT molecular complexity index is 865. The van der Waals surface area contributed by atoms with Crippen molar-refractivity contribution in [3.8, 4) is 16.9 Å². The van der Waals surface area contributed by atoms with Crippen LogP contribution in [-0.2, 0) is 6.42 Å². The van der Waals surface area contributed by atoms with Gasteiger partial charge in [0.2, 0.25) is 0 Å². The third kappa shape index (κ3) is 1.97. The summed E-state index contributed by atoms with van der Waals surface area (Å²) in [5, 5.41) is 4.35. The van der Waals surface area contributed by atoms with Crippen LogP contribution in [0.4, 0.5) is 0 Å². The van der Waals surface area contributed by atoms with Gasteiger partial charge in [0.1, 0.15) is 5.75 Å². The summed E-state index contributed by atoms with van der Waals surface area (Å²) in [6.07, 6.45) is 5.94. The van der Waals surface area contributed by atoms with Gasteiger partial charge in [-0.2, -0.15) is 5.10 Å². The second kappa shape index (κ2) is 4.94. The molecule has 0 unspecified atom stereocenters. The first kappa shape index (κ1) is 13.0. The predicted molar refractivity (Wildman–Crippen MR) is 82.2 cm³/mol. The topological polar surface area (TPSA) is 56.5 Å². The van der Waals surface area contributed by atoms with Crippen molar-refractivity contribution in [3.63, 3.8) is 0 Å². The van der Waals surface area contributed by atoms with Crippen LogP contribution in [-0.4, -0.2) is 27.5 Å². The summed E-state index contributed by atoms with van der Waals surface area (Å²) < 4.78 is 6.88. The molecular weight excluding hydrogens is 278 g/mol. The molecule has 0 saturated carbocycles. The van der Waals surface area contributed by atoms with Gasteiger partial charge in [-0.25, -0.2) is 9.50 Å². The largest absolute Gasteiger partial charge is 0.497 e. The number of rotatable bonds is 2. The van der Waals surface area contributed by atoms with Crippen LogP contribution < -0.4 is 4.74 Å². The molecule has 0 radical (unpaired) electrons. The van der Waals surface area contributed by atoms with Crippen LogP contribution in [0.15, 0.2) is 36.7 Å². The van der Waals surface area contributed by atoms with Crippen LogP contribution in [0.1, 0.15) is 28.9 Å². The highest BCUT2D eigenvalue weighted by Crippen LogP contribution is 2.27. The smallest absolute Gasteiger partial charge is 0.166 e. The van der Waals surface area contributed by atoms with Crippen molar-refractivity contribution in [2.45, 2.75) is 19.3 Å². The van der Waals surface area contributed by atoms with Gasteiger partial charge in [-0.15, -0.1) is 0 Å². The minimum atomic E-state index is 0.164. The number of aromatic nitrogens is 3. The number of carbonyl (C=O) groups excluding carboxylic acids is 1. The van der Waals surface area contributed by atoms with E-state index in [1.54, 1.807) is 17.8 Å². The number of hydrogen-bond acceptors (Lipinski definition) is 4. The fourth-order valence-corrected chi connectivity index (χ4v) is 2.90. The summed E-state index contributed by atoms with van der Waals surface area (Å²) in [7, 11) is 1.65. The lowest BCUT2D eigenvalue weighted by Crippen LogP contribution is -2.14. The summed E-state index contributed by atoms with van der Waals surface area (Å²) in [6, 6.07) is 7.81. The normalized spacial score (nSPS) is 14.1. The molecule has 0 bridgehead atoms. The molecule has 1 aliphatic rings. The van der Waals surface area contributed by atoms with Crippen LogP contribution >= 0.6 is 0 Å². The maximum absolute atomic E-state index is 12.0. The second-order valence-corrected chi connectivity index (χ2v) is 5.43. The van der Waals surface area contributed by atoms with Crippen molar-refractivity contribution in [1.29, 1.82) is 0 Å². The lowest BCUT2D eigenvalue weighted by atomic mass is 9.96. The molecule has 0 atom stereocenters. The molecule has 0 fully saturated rings. The highest BCUT2D eigenvalue weighted by molar-refractivity contribution is 5.98. The summed E-state index contributed by atoms with van der Waals surface area (Å²) >= 11 is 0. The average Bonchev–Trinajstić information content (AvgIpc) is 2.96. The van der Waals surface area contributed by atoms with E-state index in [0.717, 1.165) is 41.1 Å². The van der Waals surface area contributed by atoms with Gasteiger partial charge in [-0.3, -0.25) is 4.79 Å². The van der Waals surface area contributed by atoms with Gasteiger partial charge in [0.25, 0.3) is 0 Å². The van der Waals surface area contributed by atoms with E-state index < -0.39 is 0 Å². The van der Waals surface area contributed by atoms with Gasteiger partial charge in [0.05, 0.1) is 24.6 Å². The Hall–Kier alpha value is -2.69. The number of ether oxygens (including phenoxy) is 1. The number of aryl methyl sites for hydroxylation is 1. The molecular formula is C17H15N3O2. The maximum atomic E-state index is 12.0. The van der Waals surface area contributed by atoms with Crippen LogP contribution in [0.3, 0.4) is 0 Å². The second-order valence-electron chi connectivity index (χ2n) is 5.43. The SMILES string of the molecule is COc1ccc(-c2cnn3cc4c(nc23)CCCC4=O)cc1. The van der Waals surface area contributed by atoms with Crippen molar-refractivity contribution >= 4 is 11.4 Å². The fourth-order valence-electron chi connectivity index (χ4n) is 2.90. The van der Waals surface area contributed by atoms with E-state index in [9.17, 15) is 4.79 Å². The monoisotopic (exact) mass is 293 g/mol. The molecule has 1 aliphatic carbocycles. The van der Waals surface area contributed by atoms with Crippen LogP contribution in [0.5, 0.6) is 5.75 Å². The summed E-state index contributed by atoms with van der Waals surface area (Å²) in [5.74, 6) is 0.980. The van der Waals surface area contributed by atoms with E-state index in [2.05, 4.69) is 5.10 Å². The number of hydrogen-bond donors (Lipinski definition) is 0. The van der Waals surface area contributed by atoms with Gasteiger partial charge >= 0.3 is 0 Å². The summed E-state index contributed by atoms with van der Waals surface area (Å²) in [5.41, 5.74) is 4.38. The Labute approximate surface area is 127 Å². The molecule has 0 N–H and O–H groups in total. The molecule has 0 aliphatic heterocycles. The van der Waals surface area contributed by atoms with Gasteiger partial charge in [-0.05, 0) is 30.5 Å². The van der Waals surface area contributed by atoms with Gasteiger partial charge in [0, 0.05) is 18.2 Å². The number of nitrogens with zero attached hydrogens (tertiary/aromatic N) is 3. The molecule has 0 spiro atoms. The number of benzene rings is 1. The molecule has 2 heterocycles. The zero-order chi connectivity index (χ0) is 15.1. The molecule has 0 amide bonds. The predicted octanol–water partition coefficient (Wildman–Crippen LogP) is 2.92. The Morgan fingerprint density at radius 3 is 2.73 bits per heavy atom. The van der Waals surface area contributed by atoms with E-state index in [-0.39, 0.29) is 5.78 Å². The van der Waals surface area contributed by atoms with E-state index in [0.29, 0.717) is 12.0 Å². The highest BCUT2D eigenvalue weighted by Gasteiger charge is 2.21.